The highest BCUT2D eigenvalue weighted by Crippen LogP contribution is 2.16. The average Bonchev–Trinajstić information content (AvgIpc) is 2.54. The van der Waals surface area contributed by atoms with Gasteiger partial charge in [-0.15, -0.1) is 0 Å². The highest BCUT2D eigenvalue weighted by molar-refractivity contribution is 7.86. The van der Waals surface area contributed by atoms with Crippen molar-refractivity contribution in [1.29, 1.82) is 0 Å². The molecule has 1 aliphatic heterocycles. The fourth-order valence-corrected chi connectivity index (χ4v) is 3.31. The van der Waals surface area contributed by atoms with E-state index in [0.717, 1.165) is 0 Å². The SMILES string of the molecule is CCN(CC)S(=O)(=O)N1CC[C@@H](O)C1. The second-order valence-corrected chi connectivity index (χ2v) is 5.32. The Bertz CT molecular complexity index is 274. The molecule has 1 N–H and O–H groups in total. The molecule has 84 valence electrons. The molecule has 0 aromatic carbocycles. The van der Waals surface area contributed by atoms with Crippen molar-refractivity contribution in [1.82, 2.24) is 8.61 Å². The maximum atomic E-state index is 11.9. The summed E-state index contributed by atoms with van der Waals surface area (Å²) in [5, 5.41) is 9.27. The fraction of sp³-hybridized carbons (Fsp3) is 1.00. The molecule has 1 aliphatic rings. The Balaban J connectivity index is 2.74. The van der Waals surface area contributed by atoms with Gasteiger partial charge in [0.25, 0.3) is 10.2 Å². The Labute approximate surface area is 85.5 Å². The van der Waals surface area contributed by atoms with Gasteiger partial charge in [-0.3, -0.25) is 0 Å². The summed E-state index contributed by atoms with van der Waals surface area (Å²) in [6, 6.07) is 0. The van der Waals surface area contributed by atoms with E-state index in [0.29, 0.717) is 26.1 Å². The molecule has 0 bridgehead atoms. The summed E-state index contributed by atoms with van der Waals surface area (Å²) in [4.78, 5) is 0. The maximum Gasteiger partial charge on any atom is 0.282 e. The molecule has 0 aliphatic carbocycles. The van der Waals surface area contributed by atoms with E-state index >= 15 is 0 Å². The molecule has 1 fully saturated rings. The summed E-state index contributed by atoms with van der Waals surface area (Å²) in [7, 11) is -3.33. The summed E-state index contributed by atoms with van der Waals surface area (Å²) < 4.78 is 26.5. The van der Waals surface area contributed by atoms with Gasteiger partial charge in [0.05, 0.1) is 6.10 Å². The molecular formula is C8H18N2O3S. The molecule has 0 saturated carbocycles. The number of aliphatic hydroxyl groups excluding tert-OH is 1. The number of aliphatic hydroxyl groups is 1. The van der Waals surface area contributed by atoms with Crippen LogP contribution in [0.15, 0.2) is 0 Å². The Kier molecular flexibility index (Phi) is 3.88. The van der Waals surface area contributed by atoms with E-state index in [-0.39, 0.29) is 6.54 Å². The van der Waals surface area contributed by atoms with Gasteiger partial charge in [-0.2, -0.15) is 17.0 Å². The quantitative estimate of drug-likeness (QED) is 0.706. The van der Waals surface area contributed by atoms with Crippen LogP contribution in [0.2, 0.25) is 0 Å². The predicted molar refractivity (Wildman–Crippen MR) is 54.0 cm³/mol. The van der Waals surface area contributed by atoms with E-state index in [9.17, 15) is 13.5 Å². The summed E-state index contributed by atoms with van der Waals surface area (Å²) in [5.41, 5.74) is 0. The highest BCUT2D eigenvalue weighted by Gasteiger charge is 2.33. The summed E-state index contributed by atoms with van der Waals surface area (Å²) >= 11 is 0. The average molecular weight is 222 g/mol. The van der Waals surface area contributed by atoms with Gasteiger partial charge >= 0.3 is 0 Å². The van der Waals surface area contributed by atoms with Crippen molar-refractivity contribution in [2.45, 2.75) is 26.4 Å². The molecule has 0 aromatic rings. The minimum atomic E-state index is -3.33. The molecule has 0 aromatic heterocycles. The van der Waals surface area contributed by atoms with Gasteiger partial charge in [0, 0.05) is 26.2 Å². The second kappa shape index (κ2) is 4.57. The van der Waals surface area contributed by atoms with Crippen LogP contribution in [0.5, 0.6) is 0 Å². The van der Waals surface area contributed by atoms with Crippen LogP contribution in [0.1, 0.15) is 20.3 Å². The van der Waals surface area contributed by atoms with E-state index in [4.69, 9.17) is 0 Å². The maximum absolute atomic E-state index is 11.9. The first-order valence-electron chi connectivity index (χ1n) is 4.95. The van der Waals surface area contributed by atoms with Crippen LogP contribution >= 0.6 is 0 Å². The molecular weight excluding hydrogens is 204 g/mol. The largest absolute Gasteiger partial charge is 0.392 e. The smallest absolute Gasteiger partial charge is 0.282 e. The molecule has 1 atom stereocenters. The molecule has 0 spiro atoms. The van der Waals surface area contributed by atoms with Crippen LogP contribution in [0.25, 0.3) is 0 Å². The topological polar surface area (TPSA) is 60.9 Å². The monoisotopic (exact) mass is 222 g/mol. The van der Waals surface area contributed by atoms with Gasteiger partial charge < -0.3 is 5.11 Å². The van der Waals surface area contributed by atoms with Crippen molar-refractivity contribution in [3.63, 3.8) is 0 Å². The lowest BCUT2D eigenvalue weighted by molar-refractivity contribution is 0.188. The normalized spacial score (nSPS) is 24.7. The van der Waals surface area contributed by atoms with Gasteiger partial charge in [0.2, 0.25) is 0 Å². The van der Waals surface area contributed by atoms with Gasteiger partial charge in [-0.25, -0.2) is 0 Å². The zero-order valence-electron chi connectivity index (χ0n) is 8.68. The zero-order valence-corrected chi connectivity index (χ0v) is 9.50. The first-order valence-corrected chi connectivity index (χ1v) is 6.35. The van der Waals surface area contributed by atoms with Crippen molar-refractivity contribution < 1.29 is 13.5 Å². The number of β-amino-alcohol motifs (C(OH)–C–C–N with tert-alkyl or cyclic N) is 1. The van der Waals surface area contributed by atoms with E-state index in [1.165, 1.54) is 8.61 Å². The lowest BCUT2D eigenvalue weighted by Gasteiger charge is -2.24. The van der Waals surface area contributed by atoms with Gasteiger partial charge in [0.15, 0.2) is 0 Å². The van der Waals surface area contributed by atoms with E-state index in [1.54, 1.807) is 0 Å². The molecule has 1 heterocycles. The Morgan fingerprint density at radius 3 is 2.36 bits per heavy atom. The van der Waals surface area contributed by atoms with E-state index < -0.39 is 16.3 Å². The van der Waals surface area contributed by atoms with Crippen LogP contribution in [0.4, 0.5) is 0 Å². The first kappa shape index (κ1) is 11.9. The standard InChI is InChI=1S/C8H18N2O3S/c1-3-9(4-2)14(12,13)10-6-5-8(11)7-10/h8,11H,3-7H2,1-2H3/t8-/m1/s1. The van der Waals surface area contributed by atoms with E-state index in [2.05, 4.69) is 0 Å². The van der Waals surface area contributed by atoms with Crippen molar-refractivity contribution >= 4 is 10.2 Å². The van der Waals surface area contributed by atoms with Crippen LogP contribution in [-0.2, 0) is 10.2 Å². The Hall–Kier alpha value is -0.170. The lowest BCUT2D eigenvalue weighted by atomic mass is 10.3. The molecule has 0 radical (unpaired) electrons. The van der Waals surface area contributed by atoms with Crippen LogP contribution in [-0.4, -0.2) is 54.4 Å². The molecule has 1 saturated heterocycles. The third kappa shape index (κ3) is 2.25. The number of hydrogen-bond donors (Lipinski definition) is 1. The number of nitrogens with zero attached hydrogens (tertiary/aromatic N) is 2. The number of rotatable bonds is 4. The highest BCUT2D eigenvalue weighted by atomic mass is 32.2. The summed E-state index contributed by atoms with van der Waals surface area (Å²) in [6.07, 6.45) is 0.0425. The van der Waals surface area contributed by atoms with Crippen molar-refractivity contribution in [3.8, 4) is 0 Å². The number of hydrogen-bond acceptors (Lipinski definition) is 3. The molecule has 6 heteroatoms. The molecule has 14 heavy (non-hydrogen) atoms. The molecule has 0 amide bonds. The van der Waals surface area contributed by atoms with Crippen LogP contribution < -0.4 is 0 Å². The van der Waals surface area contributed by atoms with Crippen LogP contribution in [0.3, 0.4) is 0 Å². The van der Waals surface area contributed by atoms with E-state index in [1.807, 2.05) is 13.8 Å². The molecule has 1 rings (SSSR count). The molecule has 5 nitrogen and oxygen atoms in total. The van der Waals surface area contributed by atoms with Crippen LogP contribution in [0, 0.1) is 0 Å². The van der Waals surface area contributed by atoms with Crippen molar-refractivity contribution in [2.24, 2.45) is 0 Å². The predicted octanol–water partition coefficient (Wildman–Crippen LogP) is -0.360. The summed E-state index contributed by atoms with van der Waals surface area (Å²) in [5.74, 6) is 0. The van der Waals surface area contributed by atoms with Crippen molar-refractivity contribution in [3.05, 3.63) is 0 Å². The van der Waals surface area contributed by atoms with Gasteiger partial charge in [-0.1, -0.05) is 13.8 Å². The first-order chi connectivity index (χ1) is 6.52. The van der Waals surface area contributed by atoms with Gasteiger partial charge in [0.1, 0.15) is 0 Å². The minimum Gasteiger partial charge on any atom is -0.392 e. The lowest BCUT2D eigenvalue weighted by Crippen LogP contribution is -2.42. The third-order valence-electron chi connectivity index (χ3n) is 2.48. The zero-order chi connectivity index (χ0) is 10.8. The molecule has 0 unspecified atom stereocenters. The Morgan fingerprint density at radius 1 is 1.43 bits per heavy atom. The Morgan fingerprint density at radius 2 is 2.00 bits per heavy atom. The second-order valence-electron chi connectivity index (χ2n) is 3.39. The third-order valence-corrected chi connectivity index (χ3v) is 4.64. The van der Waals surface area contributed by atoms with Crippen molar-refractivity contribution in [2.75, 3.05) is 26.2 Å². The summed E-state index contributed by atoms with van der Waals surface area (Å²) in [6.45, 7) is 5.25. The minimum absolute atomic E-state index is 0.235. The fourth-order valence-electron chi connectivity index (χ4n) is 1.63. The van der Waals surface area contributed by atoms with Gasteiger partial charge in [-0.05, 0) is 6.42 Å².